The van der Waals surface area contributed by atoms with Crippen LogP contribution in [0, 0.1) is 5.92 Å². The Balaban J connectivity index is 1.63. The van der Waals surface area contributed by atoms with Crippen molar-refractivity contribution in [3.63, 3.8) is 0 Å². The number of imidazole rings is 1. The quantitative estimate of drug-likeness (QED) is 0.677. The second kappa shape index (κ2) is 6.17. The Hall–Kier alpha value is -0.870. The van der Waals surface area contributed by atoms with Crippen LogP contribution in [-0.4, -0.2) is 27.8 Å². The summed E-state index contributed by atoms with van der Waals surface area (Å²) in [6.07, 6.45) is 8.73. The van der Waals surface area contributed by atoms with E-state index in [0.717, 1.165) is 25.9 Å². The summed E-state index contributed by atoms with van der Waals surface area (Å²) in [5.41, 5.74) is 1.29. The van der Waals surface area contributed by atoms with Gasteiger partial charge in [-0.2, -0.15) is 0 Å². The van der Waals surface area contributed by atoms with Gasteiger partial charge in [-0.15, -0.1) is 0 Å². The summed E-state index contributed by atoms with van der Waals surface area (Å²) in [5.74, 6) is 0.425. The minimum Gasteiger partial charge on any atom is -0.396 e. The van der Waals surface area contributed by atoms with Gasteiger partial charge < -0.3 is 15.0 Å². The second-order valence-corrected chi connectivity index (χ2v) is 5.13. The molecule has 0 aliphatic heterocycles. The maximum Gasteiger partial charge on any atom is 0.0951 e. The van der Waals surface area contributed by atoms with Crippen molar-refractivity contribution in [2.75, 3.05) is 13.2 Å². The highest BCUT2D eigenvalue weighted by molar-refractivity contribution is 5.03. The SMILES string of the molecule is CC(CO)CCCNCc1cncn1C1CC1. The molecular weight excluding hydrogens is 214 g/mol. The van der Waals surface area contributed by atoms with Crippen LogP contribution < -0.4 is 5.32 Å². The third kappa shape index (κ3) is 3.82. The molecule has 0 amide bonds. The van der Waals surface area contributed by atoms with Crippen LogP contribution in [0.1, 0.15) is 44.3 Å². The van der Waals surface area contributed by atoms with Crippen LogP contribution in [0.25, 0.3) is 0 Å². The fourth-order valence-corrected chi connectivity index (χ4v) is 2.03. The Morgan fingerprint density at radius 3 is 3.12 bits per heavy atom. The molecule has 0 aromatic carbocycles. The van der Waals surface area contributed by atoms with Gasteiger partial charge in [0.1, 0.15) is 0 Å². The molecule has 1 aromatic heterocycles. The van der Waals surface area contributed by atoms with Crippen molar-refractivity contribution in [1.29, 1.82) is 0 Å². The van der Waals surface area contributed by atoms with E-state index in [4.69, 9.17) is 5.11 Å². The van der Waals surface area contributed by atoms with Crippen molar-refractivity contribution in [1.82, 2.24) is 14.9 Å². The molecule has 1 unspecified atom stereocenters. The third-order valence-corrected chi connectivity index (χ3v) is 3.35. The van der Waals surface area contributed by atoms with E-state index >= 15 is 0 Å². The average Bonchev–Trinajstić information content (AvgIpc) is 3.08. The largest absolute Gasteiger partial charge is 0.396 e. The van der Waals surface area contributed by atoms with Gasteiger partial charge in [0.2, 0.25) is 0 Å². The van der Waals surface area contributed by atoms with E-state index in [1.165, 1.54) is 18.5 Å². The molecule has 1 heterocycles. The fraction of sp³-hybridized carbons (Fsp3) is 0.769. The maximum absolute atomic E-state index is 8.91. The number of aliphatic hydroxyl groups is 1. The van der Waals surface area contributed by atoms with Gasteiger partial charge in [-0.1, -0.05) is 6.92 Å². The van der Waals surface area contributed by atoms with Crippen molar-refractivity contribution in [3.8, 4) is 0 Å². The number of rotatable bonds is 8. The van der Waals surface area contributed by atoms with Gasteiger partial charge in [0.25, 0.3) is 0 Å². The molecule has 1 aromatic rings. The van der Waals surface area contributed by atoms with Crippen molar-refractivity contribution in [2.45, 2.75) is 45.2 Å². The molecule has 96 valence electrons. The highest BCUT2D eigenvalue weighted by Crippen LogP contribution is 2.35. The van der Waals surface area contributed by atoms with Gasteiger partial charge in [0.15, 0.2) is 0 Å². The van der Waals surface area contributed by atoms with Crippen molar-refractivity contribution in [2.24, 2.45) is 5.92 Å². The summed E-state index contributed by atoms with van der Waals surface area (Å²) >= 11 is 0. The second-order valence-electron chi connectivity index (χ2n) is 5.13. The lowest BCUT2D eigenvalue weighted by Crippen LogP contribution is -2.18. The Morgan fingerprint density at radius 1 is 1.59 bits per heavy atom. The van der Waals surface area contributed by atoms with E-state index in [2.05, 4.69) is 21.8 Å². The molecule has 4 nitrogen and oxygen atoms in total. The summed E-state index contributed by atoms with van der Waals surface area (Å²) in [4.78, 5) is 4.21. The number of hydrogen-bond acceptors (Lipinski definition) is 3. The first-order valence-corrected chi connectivity index (χ1v) is 6.63. The Bertz CT molecular complexity index is 333. The molecule has 17 heavy (non-hydrogen) atoms. The number of hydrogen-bond donors (Lipinski definition) is 2. The van der Waals surface area contributed by atoms with E-state index < -0.39 is 0 Å². The fourth-order valence-electron chi connectivity index (χ4n) is 2.03. The van der Waals surface area contributed by atoms with Gasteiger partial charge in [0.05, 0.1) is 12.0 Å². The smallest absolute Gasteiger partial charge is 0.0951 e. The van der Waals surface area contributed by atoms with E-state index in [1.54, 1.807) is 0 Å². The molecule has 1 aliphatic carbocycles. The van der Waals surface area contributed by atoms with Crippen LogP contribution >= 0.6 is 0 Å². The highest BCUT2D eigenvalue weighted by atomic mass is 16.3. The summed E-state index contributed by atoms with van der Waals surface area (Å²) < 4.78 is 2.29. The average molecular weight is 237 g/mol. The van der Waals surface area contributed by atoms with Gasteiger partial charge in [-0.05, 0) is 38.1 Å². The minimum atomic E-state index is 0.300. The number of aliphatic hydroxyl groups excluding tert-OH is 1. The predicted molar refractivity (Wildman–Crippen MR) is 67.7 cm³/mol. The van der Waals surface area contributed by atoms with Gasteiger partial charge >= 0.3 is 0 Å². The molecule has 0 radical (unpaired) electrons. The molecule has 1 atom stereocenters. The van der Waals surface area contributed by atoms with Gasteiger partial charge in [-0.25, -0.2) is 4.98 Å². The molecule has 2 N–H and O–H groups in total. The lowest BCUT2D eigenvalue weighted by atomic mass is 10.1. The first-order chi connectivity index (χ1) is 8.31. The molecule has 2 rings (SSSR count). The maximum atomic E-state index is 8.91. The van der Waals surface area contributed by atoms with Crippen LogP contribution in [0.3, 0.4) is 0 Å². The van der Waals surface area contributed by atoms with E-state index in [9.17, 15) is 0 Å². The van der Waals surface area contributed by atoms with Gasteiger partial charge in [-0.3, -0.25) is 0 Å². The minimum absolute atomic E-state index is 0.300. The Morgan fingerprint density at radius 2 is 2.41 bits per heavy atom. The summed E-state index contributed by atoms with van der Waals surface area (Å²) in [7, 11) is 0. The van der Waals surface area contributed by atoms with Crippen molar-refractivity contribution in [3.05, 3.63) is 18.2 Å². The molecule has 0 spiro atoms. The first-order valence-electron chi connectivity index (χ1n) is 6.63. The lowest BCUT2D eigenvalue weighted by Gasteiger charge is -2.09. The van der Waals surface area contributed by atoms with Crippen LogP contribution in [0.2, 0.25) is 0 Å². The van der Waals surface area contributed by atoms with Crippen LogP contribution in [0.5, 0.6) is 0 Å². The zero-order valence-corrected chi connectivity index (χ0v) is 10.6. The van der Waals surface area contributed by atoms with E-state index in [1.807, 2.05) is 12.5 Å². The summed E-state index contributed by atoms with van der Waals surface area (Å²) in [6, 6.07) is 0.712. The highest BCUT2D eigenvalue weighted by Gasteiger charge is 2.24. The number of aromatic nitrogens is 2. The zero-order chi connectivity index (χ0) is 12.1. The van der Waals surface area contributed by atoms with Crippen LogP contribution in [-0.2, 0) is 6.54 Å². The molecule has 0 bridgehead atoms. The van der Waals surface area contributed by atoms with Crippen molar-refractivity contribution < 1.29 is 5.11 Å². The zero-order valence-electron chi connectivity index (χ0n) is 10.6. The summed E-state index contributed by atoms with van der Waals surface area (Å²) in [5, 5.41) is 12.4. The standard InChI is InChI=1S/C13H23N3O/c1-11(9-17)3-2-6-14-7-13-8-15-10-16(13)12-4-5-12/h8,10-12,14,17H,2-7,9H2,1H3. The number of nitrogens with one attached hydrogen (secondary N) is 1. The molecule has 1 fully saturated rings. The molecule has 4 heteroatoms. The lowest BCUT2D eigenvalue weighted by molar-refractivity contribution is 0.228. The van der Waals surface area contributed by atoms with E-state index in [0.29, 0.717) is 18.6 Å². The van der Waals surface area contributed by atoms with E-state index in [-0.39, 0.29) is 0 Å². The molecule has 1 aliphatic rings. The molecule has 1 saturated carbocycles. The molecule has 0 saturated heterocycles. The number of nitrogens with zero attached hydrogens (tertiary/aromatic N) is 2. The van der Waals surface area contributed by atoms with Crippen LogP contribution in [0.4, 0.5) is 0 Å². The summed E-state index contributed by atoms with van der Waals surface area (Å²) in [6.45, 7) is 4.31. The topological polar surface area (TPSA) is 50.1 Å². The first kappa shape index (κ1) is 12.6. The predicted octanol–water partition coefficient (Wildman–Crippen LogP) is 1.72. The monoisotopic (exact) mass is 237 g/mol. The Kier molecular flexibility index (Phi) is 4.57. The van der Waals surface area contributed by atoms with Crippen molar-refractivity contribution >= 4 is 0 Å². The van der Waals surface area contributed by atoms with Crippen LogP contribution in [0.15, 0.2) is 12.5 Å². The molecular formula is C13H23N3O. The van der Waals surface area contributed by atoms with Gasteiger partial charge in [0, 0.05) is 25.4 Å². The Labute approximate surface area is 103 Å². The third-order valence-electron chi connectivity index (χ3n) is 3.35. The normalized spacial score (nSPS) is 17.3.